The van der Waals surface area contributed by atoms with Crippen LogP contribution < -0.4 is 5.73 Å². The molecule has 0 saturated heterocycles. The van der Waals surface area contributed by atoms with Gasteiger partial charge in [-0.05, 0) is 6.92 Å². The summed E-state index contributed by atoms with van der Waals surface area (Å²) < 4.78 is 28.6. The Hall–Kier alpha value is -0.970. The van der Waals surface area contributed by atoms with Crippen LogP contribution in [0.3, 0.4) is 0 Å². The van der Waals surface area contributed by atoms with Gasteiger partial charge < -0.3 is 10.3 Å². The number of nitrogens with zero attached hydrogens (tertiary/aromatic N) is 1. The van der Waals surface area contributed by atoms with Crippen molar-refractivity contribution in [2.24, 2.45) is 5.73 Å². The van der Waals surface area contributed by atoms with Gasteiger partial charge in [0.25, 0.3) is 6.43 Å². The van der Waals surface area contributed by atoms with Gasteiger partial charge in [0, 0.05) is 12.5 Å². The first-order valence-corrected chi connectivity index (χ1v) is 3.55. The van der Waals surface area contributed by atoms with E-state index in [2.05, 4.69) is 5.16 Å². The summed E-state index contributed by atoms with van der Waals surface area (Å²) in [6, 6.07) is 0.442. The van der Waals surface area contributed by atoms with E-state index < -0.39 is 12.5 Å². The number of aromatic nitrogens is 1. The van der Waals surface area contributed by atoms with Crippen LogP contribution in [0.1, 0.15) is 11.5 Å². The molecule has 68 valence electrons. The molecule has 3 nitrogen and oxygen atoms in total. The van der Waals surface area contributed by atoms with Crippen molar-refractivity contribution in [1.82, 2.24) is 5.16 Å². The molecule has 0 aliphatic carbocycles. The van der Waals surface area contributed by atoms with Crippen molar-refractivity contribution in [3.63, 3.8) is 0 Å². The second-order valence-corrected chi connectivity index (χ2v) is 2.63. The Morgan fingerprint density at radius 3 is 2.75 bits per heavy atom. The molecule has 1 unspecified atom stereocenters. The molecule has 0 spiro atoms. The number of hydrogen-bond acceptors (Lipinski definition) is 3. The molecule has 5 heteroatoms. The molecule has 0 saturated carbocycles. The lowest BCUT2D eigenvalue weighted by Crippen LogP contribution is -2.30. The maximum Gasteiger partial charge on any atom is 0.253 e. The minimum Gasteiger partial charge on any atom is -0.361 e. The fourth-order valence-corrected chi connectivity index (χ4v) is 0.845. The van der Waals surface area contributed by atoms with E-state index in [-0.39, 0.29) is 6.42 Å². The van der Waals surface area contributed by atoms with Crippen LogP contribution in [0.25, 0.3) is 0 Å². The standard InChI is InChI=1S/C7H10F2N2O/c1-4-2-5(11-12-4)3-6(10)7(8)9/h2,6-7H,3,10H2,1H3. The van der Waals surface area contributed by atoms with Gasteiger partial charge in [-0.1, -0.05) is 5.16 Å². The van der Waals surface area contributed by atoms with Crippen molar-refractivity contribution < 1.29 is 13.3 Å². The predicted octanol–water partition coefficient (Wildman–Crippen LogP) is 1.12. The van der Waals surface area contributed by atoms with Gasteiger partial charge >= 0.3 is 0 Å². The number of rotatable bonds is 3. The molecule has 1 aromatic rings. The monoisotopic (exact) mass is 176 g/mol. The first-order valence-electron chi connectivity index (χ1n) is 3.55. The second kappa shape index (κ2) is 3.62. The Balaban J connectivity index is 2.52. The van der Waals surface area contributed by atoms with Gasteiger partial charge in [-0.25, -0.2) is 8.78 Å². The summed E-state index contributed by atoms with van der Waals surface area (Å²) in [6.45, 7) is 1.70. The molecule has 1 rings (SSSR count). The quantitative estimate of drug-likeness (QED) is 0.750. The van der Waals surface area contributed by atoms with E-state index in [9.17, 15) is 8.78 Å². The van der Waals surface area contributed by atoms with Crippen LogP contribution in [-0.2, 0) is 6.42 Å². The summed E-state index contributed by atoms with van der Waals surface area (Å²) in [6.07, 6.45) is -2.46. The van der Waals surface area contributed by atoms with Gasteiger partial charge in [0.05, 0.1) is 11.7 Å². The van der Waals surface area contributed by atoms with Gasteiger partial charge in [-0.15, -0.1) is 0 Å². The molecule has 0 fully saturated rings. The highest BCUT2D eigenvalue weighted by Gasteiger charge is 2.17. The lowest BCUT2D eigenvalue weighted by Gasteiger charge is -2.06. The maximum atomic E-state index is 11.9. The summed E-state index contributed by atoms with van der Waals surface area (Å²) in [7, 11) is 0. The smallest absolute Gasteiger partial charge is 0.253 e. The lowest BCUT2D eigenvalue weighted by atomic mass is 10.2. The van der Waals surface area contributed by atoms with Crippen LogP contribution in [0.2, 0.25) is 0 Å². The predicted molar refractivity (Wildman–Crippen MR) is 38.9 cm³/mol. The first kappa shape index (κ1) is 9.12. The van der Waals surface area contributed by atoms with Crippen molar-refractivity contribution in [3.05, 3.63) is 17.5 Å². The van der Waals surface area contributed by atoms with Crippen LogP contribution in [0.4, 0.5) is 8.78 Å². The molecule has 2 N–H and O–H groups in total. The van der Waals surface area contributed by atoms with Gasteiger partial charge in [-0.3, -0.25) is 0 Å². The average molecular weight is 176 g/mol. The van der Waals surface area contributed by atoms with E-state index in [1.165, 1.54) is 0 Å². The maximum absolute atomic E-state index is 11.9. The highest BCUT2D eigenvalue weighted by Crippen LogP contribution is 2.07. The number of hydrogen-bond donors (Lipinski definition) is 1. The third-order valence-corrected chi connectivity index (χ3v) is 1.45. The molecular formula is C7H10F2N2O. The largest absolute Gasteiger partial charge is 0.361 e. The van der Waals surface area contributed by atoms with Crippen LogP contribution in [-0.4, -0.2) is 17.6 Å². The Labute approximate surface area is 68.5 Å². The summed E-state index contributed by atoms with van der Waals surface area (Å²) in [4.78, 5) is 0. The zero-order valence-electron chi connectivity index (χ0n) is 6.63. The second-order valence-electron chi connectivity index (χ2n) is 2.63. The molecule has 0 aliphatic rings. The number of aryl methyl sites for hydroxylation is 1. The Bertz CT molecular complexity index is 249. The highest BCUT2D eigenvalue weighted by molar-refractivity contribution is 5.05. The highest BCUT2D eigenvalue weighted by atomic mass is 19.3. The SMILES string of the molecule is Cc1cc(CC(N)C(F)F)no1. The molecule has 12 heavy (non-hydrogen) atoms. The van der Waals surface area contributed by atoms with Crippen molar-refractivity contribution >= 4 is 0 Å². The third-order valence-electron chi connectivity index (χ3n) is 1.45. The Kier molecular flexibility index (Phi) is 2.75. The zero-order valence-corrected chi connectivity index (χ0v) is 6.63. The molecule has 0 radical (unpaired) electrons. The summed E-state index contributed by atoms with van der Waals surface area (Å²) in [5, 5.41) is 3.55. The van der Waals surface area contributed by atoms with Crippen LogP contribution in [0, 0.1) is 6.92 Å². The van der Waals surface area contributed by atoms with Gasteiger partial charge in [0.1, 0.15) is 5.76 Å². The number of alkyl halides is 2. The average Bonchev–Trinajstić information content (AvgIpc) is 2.35. The molecular weight excluding hydrogens is 166 g/mol. The number of nitrogens with two attached hydrogens (primary N) is 1. The van der Waals surface area contributed by atoms with E-state index in [1.807, 2.05) is 0 Å². The van der Waals surface area contributed by atoms with Crippen LogP contribution >= 0.6 is 0 Å². The summed E-state index contributed by atoms with van der Waals surface area (Å²) in [5.41, 5.74) is 5.60. The minimum absolute atomic E-state index is 0.0506. The summed E-state index contributed by atoms with van der Waals surface area (Å²) in [5.74, 6) is 0.603. The van der Waals surface area contributed by atoms with Gasteiger partial charge in [0.15, 0.2) is 0 Å². The van der Waals surface area contributed by atoms with E-state index in [0.717, 1.165) is 0 Å². The van der Waals surface area contributed by atoms with Crippen molar-refractivity contribution in [3.8, 4) is 0 Å². The van der Waals surface area contributed by atoms with Gasteiger partial charge in [0.2, 0.25) is 0 Å². The van der Waals surface area contributed by atoms with E-state index in [1.54, 1.807) is 13.0 Å². The van der Waals surface area contributed by atoms with E-state index in [4.69, 9.17) is 10.3 Å². The molecule has 0 aromatic carbocycles. The Morgan fingerprint density at radius 1 is 1.67 bits per heavy atom. The normalized spacial score (nSPS) is 13.8. The molecule has 0 bridgehead atoms. The molecule has 1 aromatic heterocycles. The zero-order chi connectivity index (χ0) is 9.14. The summed E-state index contributed by atoms with van der Waals surface area (Å²) >= 11 is 0. The van der Waals surface area contributed by atoms with Crippen molar-refractivity contribution in [1.29, 1.82) is 0 Å². The Morgan fingerprint density at radius 2 is 2.33 bits per heavy atom. The van der Waals surface area contributed by atoms with Gasteiger partial charge in [-0.2, -0.15) is 0 Å². The van der Waals surface area contributed by atoms with Crippen LogP contribution in [0.5, 0.6) is 0 Å². The van der Waals surface area contributed by atoms with Crippen molar-refractivity contribution in [2.75, 3.05) is 0 Å². The fraction of sp³-hybridized carbons (Fsp3) is 0.571. The molecule has 1 atom stereocenters. The van der Waals surface area contributed by atoms with E-state index in [0.29, 0.717) is 11.5 Å². The number of halogens is 2. The molecule has 0 amide bonds. The van der Waals surface area contributed by atoms with E-state index >= 15 is 0 Å². The third kappa shape index (κ3) is 2.27. The van der Waals surface area contributed by atoms with Crippen LogP contribution in [0.15, 0.2) is 10.6 Å². The minimum atomic E-state index is -2.51. The fourth-order valence-electron chi connectivity index (χ4n) is 0.845. The first-order chi connectivity index (χ1) is 5.59. The molecule has 1 heterocycles. The molecule has 0 aliphatic heterocycles. The van der Waals surface area contributed by atoms with Crippen molar-refractivity contribution in [2.45, 2.75) is 25.8 Å². The topological polar surface area (TPSA) is 52.0 Å². The lowest BCUT2D eigenvalue weighted by molar-refractivity contribution is 0.115.